The maximum absolute atomic E-state index is 8.61. The molecule has 0 radical (unpaired) electrons. The number of nitrogens with two attached hydrogens (primary N) is 1. The molecule has 1 aromatic heterocycles. The molecule has 4 N–H and O–H groups in total. The zero-order chi connectivity index (χ0) is 9.68. The Morgan fingerprint density at radius 3 is 3.00 bits per heavy atom. The van der Waals surface area contributed by atoms with Crippen molar-refractivity contribution in [1.82, 2.24) is 9.97 Å². The van der Waals surface area contributed by atoms with Gasteiger partial charge >= 0.3 is 0 Å². The molecule has 6 heteroatoms. The lowest BCUT2D eigenvalue weighted by molar-refractivity contribution is 0.322. The van der Waals surface area contributed by atoms with Gasteiger partial charge in [-0.2, -0.15) is 4.98 Å². The van der Waals surface area contributed by atoms with Crippen molar-refractivity contribution in [2.45, 2.75) is 5.03 Å². The number of rotatable bonds is 4. The Morgan fingerprint density at radius 1 is 1.62 bits per heavy atom. The summed E-state index contributed by atoms with van der Waals surface area (Å²) < 4.78 is 0. The molecular formula is C7H12N4OS. The molecule has 0 unspecified atom stereocenters. The van der Waals surface area contributed by atoms with Crippen molar-refractivity contribution in [1.29, 1.82) is 0 Å². The highest BCUT2D eigenvalue weighted by Crippen LogP contribution is 2.18. The van der Waals surface area contributed by atoms with Crippen LogP contribution < -0.4 is 11.1 Å². The number of nitrogens with one attached hydrogen (secondary N) is 1. The zero-order valence-corrected chi connectivity index (χ0v) is 8.14. The average Bonchev–Trinajstić information content (AvgIpc) is 2.14. The summed E-state index contributed by atoms with van der Waals surface area (Å²) in [6.07, 6.45) is 0. The monoisotopic (exact) mass is 200 g/mol. The largest absolute Gasteiger partial charge is 0.396 e. The summed E-state index contributed by atoms with van der Waals surface area (Å²) in [5.41, 5.74) is 5.47. The Labute approximate surface area is 80.8 Å². The molecule has 0 saturated carbocycles. The number of aromatic nitrogens is 2. The molecule has 0 aliphatic carbocycles. The van der Waals surface area contributed by atoms with Crippen molar-refractivity contribution >= 4 is 23.5 Å². The Morgan fingerprint density at radius 2 is 2.38 bits per heavy atom. The number of hydrogen-bond acceptors (Lipinski definition) is 6. The first-order chi connectivity index (χ1) is 6.26. The van der Waals surface area contributed by atoms with Crippen molar-refractivity contribution in [3.05, 3.63) is 6.07 Å². The van der Waals surface area contributed by atoms with E-state index in [0.717, 1.165) is 5.03 Å². The van der Waals surface area contributed by atoms with E-state index in [1.165, 1.54) is 11.8 Å². The summed E-state index contributed by atoms with van der Waals surface area (Å²) in [4.78, 5) is 7.94. The van der Waals surface area contributed by atoms with E-state index < -0.39 is 0 Å². The van der Waals surface area contributed by atoms with Crippen molar-refractivity contribution in [2.75, 3.05) is 30.5 Å². The van der Waals surface area contributed by atoms with Gasteiger partial charge in [-0.15, -0.1) is 11.8 Å². The summed E-state index contributed by atoms with van der Waals surface area (Å²) in [6.45, 7) is 0.128. The molecule has 13 heavy (non-hydrogen) atoms. The summed E-state index contributed by atoms with van der Waals surface area (Å²) in [5, 5.41) is 12.3. The first-order valence-corrected chi connectivity index (χ1v) is 4.81. The van der Waals surface area contributed by atoms with Crippen LogP contribution in [0.1, 0.15) is 0 Å². The molecule has 1 heterocycles. The second-order valence-electron chi connectivity index (χ2n) is 2.27. The summed E-state index contributed by atoms with van der Waals surface area (Å²) in [6, 6.07) is 1.79. The number of nitrogens with zero attached hydrogens (tertiary/aromatic N) is 2. The third-order valence-corrected chi connectivity index (χ3v) is 2.21. The standard InChI is InChI=1S/C7H12N4OS/c1-9-5-4-6(13-3-2-12)11-7(8)10-5/h4,12H,2-3H2,1H3,(H3,8,9,10,11). The van der Waals surface area contributed by atoms with E-state index in [2.05, 4.69) is 15.3 Å². The maximum Gasteiger partial charge on any atom is 0.223 e. The molecule has 0 spiro atoms. The fourth-order valence-corrected chi connectivity index (χ4v) is 1.45. The number of thioether (sulfide) groups is 1. The van der Waals surface area contributed by atoms with Crippen LogP contribution >= 0.6 is 11.8 Å². The first-order valence-electron chi connectivity index (χ1n) is 3.82. The van der Waals surface area contributed by atoms with E-state index in [1.54, 1.807) is 13.1 Å². The van der Waals surface area contributed by atoms with Gasteiger partial charge in [-0.25, -0.2) is 4.98 Å². The Kier molecular flexibility index (Phi) is 3.78. The molecule has 0 amide bonds. The van der Waals surface area contributed by atoms with Gasteiger partial charge in [-0.05, 0) is 0 Å². The van der Waals surface area contributed by atoms with Crippen molar-refractivity contribution in [3.63, 3.8) is 0 Å². The second kappa shape index (κ2) is 4.88. The molecular weight excluding hydrogens is 188 g/mol. The van der Waals surface area contributed by atoms with Crippen LogP contribution in [0, 0.1) is 0 Å². The number of nitrogen functional groups attached to an aromatic ring is 1. The second-order valence-corrected chi connectivity index (χ2v) is 3.39. The van der Waals surface area contributed by atoms with Gasteiger partial charge in [-0.1, -0.05) is 0 Å². The molecule has 0 atom stereocenters. The Hall–Kier alpha value is -1.01. The number of aliphatic hydroxyl groups excluding tert-OH is 1. The lowest BCUT2D eigenvalue weighted by Gasteiger charge is -2.03. The fraction of sp³-hybridized carbons (Fsp3) is 0.429. The maximum atomic E-state index is 8.61. The van der Waals surface area contributed by atoms with Crippen LogP contribution in [0.3, 0.4) is 0 Å². The van der Waals surface area contributed by atoms with Crippen LogP contribution in [0.4, 0.5) is 11.8 Å². The summed E-state index contributed by atoms with van der Waals surface area (Å²) in [7, 11) is 1.77. The lowest BCUT2D eigenvalue weighted by Crippen LogP contribution is -2.01. The van der Waals surface area contributed by atoms with Crippen LogP contribution in [0.5, 0.6) is 0 Å². The number of aliphatic hydroxyl groups is 1. The first kappa shape index (κ1) is 10.1. The molecule has 5 nitrogen and oxygen atoms in total. The molecule has 0 bridgehead atoms. The minimum atomic E-state index is 0.128. The van der Waals surface area contributed by atoms with E-state index in [-0.39, 0.29) is 12.6 Å². The van der Waals surface area contributed by atoms with E-state index in [0.29, 0.717) is 11.6 Å². The van der Waals surface area contributed by atoms with Crippen LogP contribution in [0.25, 0.3) is 0 Å². The predicted octanol–water partition coefficient (Wildman–Crippen LogP) is 0.185. The highest BCUT2D eigenvalue weighted by molar-refractivity contribution is 7.99. The van der Waals surface area contributed by atoms with E-state index in [4.69, 9.17) is 10.8 Å². The van der Waals surface area contributed by atoms with Gasteiger partial charge in [-0.3, -0.25) is 0 Å². The van der Waals surface area contributed by atoms with Gasteiger partial charge in [0.15, 0.2) is 0 Å². The highest BCUT2D eigenvalue weighted by Gasteiger charge is 2.00. The van der Waals surface area contributed by atoms with Gasteiger partial charge < -0.3 is 16.2 Å². The Bertz CT molecular complexity index is 281. The van der Waals surface area contributed by atoms with Crippen molar-refractivity contribution in [3.8, 4) is 0 Å². The summed E-state index contributed by atoms with van der Waals surface area (Å²) >= 11 is 1.44. The quantitative estimate of drug-likeness (QED) is 0.475. The topological polar surface area (TPSA) is 84.1 Å². The zero-order valence-electron chi connectivity index (χ0n) is 7.32. The molecule has 0 fully saturated rings. The predicted molar refractivity (Wildman–Crippen MR) is 53.8 cm³/mol. The highest BCUT2D eigenvalue weighted by atomic mass is 32.2. The van der Waals surface area contributed by atoms with Crippen molar-refractivity contribution in [2.24, 2.45) is 0 Å². The smallest absolute Gasteiger partial charge is 0.223 e. The fourth-order valence-electron chi connectivity index (χ4n) is 0.795. The SMILES string of the molecule is CNc1cc(SCCO)nc(N)n1. The average molecular weight is 200 g/mol. The molecule has 72 valence electrons. The third-order valence-electron chi connectivity index (χ3n) is 1.32. The van der Waals surface area contributed by atoms with Crippen LogP contribution in [0.15, 0.2) is 11.1 Å². The third kappa shape index (κ3) is 3.08. The molecule has 1 rings (SSSR count). The lowest BCUT2D eigenvalue weighted by atomic mass is 10.6. The molecule has 0 aromatic carbocycles. The van der Waals surface area contributed by atoms with Gasteiger partial charge in [0, 0.05) is 18.9 Å². The minimum absolute atomic E-state index is 0.128. The van der Waals surface area contributed by atoms with E-state index in [1.807, 2.05) is 0 Å². The Balaban J connectivity index is 2.76. The van der Waals surface area contributed by atoms with Gasteiger partial charge in [0.2, 0.25) is 5.95 Å². The normalized spacial score (nSPS) is 10.0. The van der Waals surface area contributed by atoms with Gasteiger partial charge in [0.25, 0.3) is 0 Å². The molecule has 0 aliphatic heterocycles. The van der Waals surface area contributed by atoms with Crippen LogP contribution in [-0.2, 0) is 0 Å². The van der Waals surface area contributed by atoms with Crippen molar-refractivity contribution < 1.29 is 5.11 Å². The van der Waals surface area contributed by atoms with E-state index >= 15 is 0 Å². The number of hydrogen-bond donors (Lipinski definition) is 3. The van der Waals surface area contributed by atoms with Gasteiger partial charge in [0.05, 0.1) is 6.61 Å². The summed E-state index contributed by atoms with van der Waals surface area (Å²) in [5.74, 6) is 1.54. The molecule has 1 aromatic rings. The van der Waals surface area contributed by atoms with Crippen LogP contribution in [0.2, 0.25) is 0 Å². The van der Waals surface area contributed by atoms with E-state index in [9.17, 15) is 0 Å². The van der Waals surface area contributed by atoms with Gasteiger partial charge in [0.1, 0.15) is 10.8 Å². The van der Waals surface area contributed by atoms with Crippen LogP contribution in [-0.4, -0.2) is 34.5 Å². The minimum Gasteiger partial charge on any atom is -0.396 e. The molecule has 0 aliphatic rings. The molecule has 0 saturated heterocycles. The number of anilines is 2.